The number of aromatic nitrogens is 1. The topological polar surface area (TPSA) is 65.3 Å². The largest absolute Gasteiger partial charge is 0.481 e. The molecule has 3 rings (SSSR count). The molecule has 0 radical (unpaired) electrons. The van der Waals surface area contributed by atoms with E-state index in [0.717, 1.165) is 16.3 Å². The number of aryl methyl sites for hydroxylation is 1. The van der Waals surface area contributed by atoms with Crippen molar-refractivity contribution in [3.63, 3.8) is 0 Å². The van der Waals surface area contributed by atoms with Crippen LogP contribution in [0.2, 0.25) is 0 Å². The van der Waals surface area contributed by atoms with E-state index in [2.05, 4.69) is 4.98 Å². The van der Waals surface area contributed by atoms with Crippen LogP contribution in [0.5, 0.6) is 5.88 Å². The normalized spacial score (nSPS) is 10.8. The average Bonchev–Trinajstić information content (AvgIpc) is 2.59. The van der Waals surface area contributed by atoms with Crippen LogP contribution in [0.15, 0.2) is 53.6 Å². The molecule has 0 fully saturated rings. The third kappa shape index (κ3) is 3.19. The fraction of sp³-hybridized carbons (Fsp3) is 0.167. The summed E-state index contributed by atoms with van der Waals surface area (Å²) in [6.07, 6.45) is 1.78. The molecule has 3 aromatic rings. The van der Waals surface area contributed by atoms with Crippen molar-refractivity contribution in [1.29, 1.82) is 0 Å². The number of hydrogen-bond donors (Lipinski definition) is 0. The maximum atomic E-state index is 11.3. The highest BCUT2D eigenvalue weighted by atomic mass is 32.2. The lowest BCUT2D eigenvalue weighted by atomic mass is 10.1. The van der Waals surface area contributed by atoms with Crippen LogP contribution in [0.3, 0.4) is 0 Å². The van der Waals surface area contributed by atoms with E-state index in [4.69, 9.17) is 4.74 Å². The van der Waals surface area contributed by atoms with E-state index >= 15 is 0 Å². The zero-order chi connectivity index (χ0) is 17.1. The van der Waals surface area contributed by atoms with E-state index in [0.29, 0.717) is 22.1 Å². The molecule has 122 valence electrons. The van der Waals surface area contributed by atoms with E-state index in [1.54, 1.807) is 32.4 Å². The van der Waals surface area contributed by atoms with Crippen molar-refractivity contribution in [2.24, 2.45) is 0 Å². The smallest absolute Gasteiger partial charge is 0.285 e. The number of fused-ring (bicyclic) bond motifs is 1. The molecule has 0 spiro atoms. The van der Waals surface area contributed by atoms with Crippen LogP contribution in [-0.2, 0) is 5.75 Å². The minimum atomic E-state index is -0.312. The summed E-state index contributed by atoms with van der Waals surface area (Å²) in [5, 5.41) is 13.4. The summed E-state index contributed by atoms with van der Waals surface area (Å²) in [6, 6.07) is 13.3. The zero-order valence-electron chi connectivity index (χ0n) is 13.4. The Morgan fingerprint density at radius 2 is 2.04 bits per heavy atom. The molecular formula is C18H16N2O3S. The molecule has 24 heavy (non-hydrogen) atoms. The van der Waals surface area contributed by atoms with Crippen molar-refractivity contribution in [3.05, 3.63) is 69.9 Å². The van der Waals surface area contributed by atoms with Crippen LogP contribution in [-0.4, -0.2) is 17.0 Å². The highest BCUT2D eigenvalue weighted by Gasteiger charge is 2.17. The first-order valence-electron chi connectivity index (χ1n) is 7.38. The molecule has 0 saturated carbocycles. The summed E-state index contributed by atoms with van der Waals surface area (Å²) in [4.78, 5) is 15.9. The molecule has 6 heteroatoms. The minimum Gasteiger partial charge on any atom is -0.481 e. The van der Waals surface area contributed by atoms with Gasteiger partial charge in [-0.1, -0.05) is 30.3 Å². The van der Waals surface area contributed by atoms with Crippen LogP contribution in [0.1, 0.15) is 11.1 Å². The molecule has 0 bridgehead atoms. The summed E-state index contributed by atoms with van der Waals surface area (Å²) in [5.74, 6) is 1.19. The van der Waals surface area contributed by atoms with Gasteiger partial charge in [0.15, 0.2) is 0 Å². The number of nitrogens with zero attached hydrogens (tertiary/aromatic N) is 2. The van der Waals surface area contributed by atoms with Gasteiger partial charge in [-0.05, 0) is 23.9 Å². The molecule has 1 heterocycles. The first kappa shape index (κ1) is 16.3. The second-order valence-corrected chi connectivity index (χ2v) is 6.35. The zero-order valence-corrected chi connectivity index (χ0v) is 14.2. The number of nitro benzene ring substituents is 1. The number of ether oxygens (including phenoxy) is 1. The fourth-order valence-electron chi connectivity index (χ4n) is 2.59. The number of hydrogen-bond acceptors (Lipinski definition) is 5. The summed E-state index contributed by atoms with van der Waals surface area (Å²) in [5.41, 5.74) is 1.95. The molecule has 0 amide bonds. The van der Waals surface area contributed by atoms with Crippen LogP contribution in [0.25, 0.3) is 10.8 Å². The third-order valence-corrected chi connectivity index (χ3v) is 4.90. The maximum absolute atomic E-state index is 11.3. The van der Waals surface area contributed by atoms with E-state index < -0.39 is 0 Å². The Kier molecular flexibility index (Phi) is 4.66. The minimum absolute atomic E-state index is 0.182. The third-order valence-electron chi connectivity index (χ3n) is 3.80. The van der Waals surface area contributed by atoms with Crippen molar-refractivity contribution >= 4 is 28.2 Å². The lowest BCUT2D eigenvalue weighted by molar-refractivity contribution is -0.388. The molecule has 0 N–H and O–H groups in total. The molecule has 5 nitrogen and oxygen atoms in total. The van der Waals surface area contributed by atoms with Crippen LogP contribution in [0, 0.1) is 17.0 Å². The predicted molar refractivity (Wildman–Crippen MR) is 95.7 cm³/mol. The standard InChI is InChI=1S/C18H16N2O3S/c1-12-5-3-8-16(18(12)20(21)22)24-11-14-7-4-6-13-10-19-17(23-2)9-15(13)14/h3-10H,11H2,1-2H3. The molecule has 0 aliphatic carbocycles. The highest BCUT2D eigenvalue weighted by molar-refractivity contribution is 7.98. The van der Waals surface area contributed by atoms with E-state index in [1.165, 1.54) is 11.8 Å². The van der Waals surface area contributed by atoms with Gasteiger partial charge in [0.05, 0.1) is 16.9 Å². The van der Waals surface area contributed by atoms with Gasteiger partial charge in [0, 0.05) is 29.0 Å². The number of nitro groups is 1. The van der Waals surface area contributed by atoms with Crippen LogP contribution in [0.4, 0.5) is 5.69 Å². The van der Waals surface area contributed by atoms with Gasteiger partial charge in [0.1, 0.15) is 0 Å². The quantitative estimate of drug-likeness (QED) is 0.381. The summed E-state index contributed by atoms with van der Waals surface area (Å²) in [6.45, 7) is 1.76. The van der Waals surface area contributed by atoms with E-state index in [-0.39, 0.29) is 10.6 Å². The lowest BCUT2D eigenvalue weighted by Crippen LogP contribution is -1.95. The van der Waals surface area contributed by atoms with Gasteiger partial charge in [-0.3, -0.25) is 10.1 Å². The molecule has 0 atom stereocenters. The summed E-state index contributed by atoms with van der Waals surface area (Å²) < 4.78 is 5.20. The van der Waals surface area contributed by atoms with Gasteiger partial charge in [0.25, 0.3) is 5.69 Å². The molecule has 0 aliphatic heterocycles. The Balaban J connectivity index is 1.94. The molecule has 0 unspecified atom stereocenters. The second kappa shape index (κ2) is 6.88. The van der Waals surface area contributed by atoms with Crippen LogP contribution < -0.4 is 4.74 Å². The lowest BCUT2D eigenvalue weighted by Gasteiger charge is -2.09. The number of para-hydroxylation sites is 1. The molecule has 2 aromatic carbocycles. The first-order valence-corrected chi connectivity index (χ1v) is 8.37. The average molecular weight is 340 g/mol. The van der Waals surface area contributed by atoms with Crippen molar-refractivity contribution in [1.82, 2.24) is 4.98 Å². The van der Waals surface area contributed by atoms with Gasteiger partial charge in [-0.2, -0.15) is 0 Å². The van der Waals surface area contributed by atoms with Crippen molar-refractivity contribution in [2.75, 3.05) is 7.11 Å². The van der Waals surface area contributed by atoms with Gasteiger partial charge in [-0.25, -0.2) is 4.98 Å². The number of benzene rings is 2. The summed E-state index contributed by atoms with van der Waals surface area (Å²) >= 11 is 1.47. The van der Waals surface area contributed by atoms with Gasteiger partial charge >= 0.3 is 0 Å². The molecule has 0 aliphatic rings. The highest BCUT2D eigenvalue weighted by Crippen LogP contribution is 2.35. The Morgan fingerprint density at radius 1 is 1.25 bits per heavy atom. The Morgan fingerprint density at radius 3 is 2.79 bits per heavy atom. The Bertz CT molecular complexity index is 912. The van der Waals surface area contributed by atoms with E-state index in [1.807, 2.05) is 30.3 Å². The molecule has 1 aromatic heterocycles. The van der Waals surface area contributed by atoms with Crippen molar-refractivity contribution in [2.45, 2.75) is 17.6 Å². The summed E-state index contributed by atoms with van der Waals surface area (Å²) in [7, 11) is 1.58. The number of pyridine rings is 1. The van der Waals surface area contributed by atoms with Gasteiger partial charge in [0.2, 0.25) is 5.88 Å². The van der Waals surface area contributed by atoms with Gasteiger partial charge < -0.3 is 4.74 Å². The van der Waals surface area contributed by atoms with Gasteiger partial charge in [-0.15, -0.1) is 11.8 Å². The maximum Gasteiger partial charge on any atom is 0.285 e. The number of methoxy groups -OCH3 is 1. The predicted octanol–water partition coefficient (Wildman–Crippen LogP) is 4.75. The second-order valence-electron chi connectivity index (χ2n) is 5.33. The number of thioether (sulfide) groups is 1. The molecular weight excluding hydrogens is 324 g/mol. The Labute approximate surface area is 143 Å². The first-order chi connectivity index (χ1) is 11.6. The van der Waals surface area contributed by atoms with Crippen LogP contribution >= 0.6 is 11.8 Å². The Hall–Kier alpha value is -2.60. The number of rotatable bonds is 5. The van der Waals surface area contributed by atoms with E-state index in [9.17, 15) is 10.1 Å². The molecule has 0 saturated heterocycles. The van der Waals surface area contributed by atoms with Crippen molar-refractivity contribution < 1.29 is 9.66 Å². The fourth-order valence-corrected chi connectivity index (χ4v) is 3.70. The monoisotopic (exact) mass is 340 g/mol. The SMILES string of the molecule is COc1cc2c(CSc3cccc(C)c3[N+](=O)[O-])cccc2cn1. The van der Waals surface area contributed by atoms with Crippen molar-refractivity contribution in [3.8, 4) is 5.88 Å².